The second kappa shape index (κ2) is 4.87. The van der Waals surface area contributed by atoms with E-state index >= 15 is 0 Å². The van der Waals surface area contributed by atoms with Gasteiger partial charge in [0.2, 0.25) is 0 Å². The predicted molar refractivity (Wildman–Crippen MR) is 75.4 cm³/mol. The van der Waals surface area contributed by atoms with Gasteiger partial charge < -0.3 is 5.73 Å². The van der Waals surface area contributed by atoms with Crippen molar-refractivity contribution in [2.75, 3.05) is 0 Å². The Hall–Kier alpha value is -2.11. The molecule has 1 saturated carbocycles. The summed E-state index contributed by atoms with van der Waals surface area (Å²) in [7, 11) is 0. The minimum Gasteiger partial charge on any atom is -0.324 e. The molecule has 3 unspecified atom stereocenters. The minimum absolute atomic E-state index is 0.0675. The number of nitrogens with zero attached hydrogens (tertiary/aromatic N) is 1. The van der Waals surface area contributed by atoms with Crippen molar-refractivity contribution in [2.24, 2.45) is 11.7 Å². The van der Waals surface area contributed by atoms with Gasteiger partial charge in [-0.3, -0.25) is 0 Å². The lowest BCUT2D eigenvalue weighted by Crippen LogP contribution is -2.13. The maximum Gasteiger partial charge on any atom is 0.0991 e. The number of benzene rings is 2. The lowest BCUT2D eigenvalue weighted by atomic mass is 9.99. The quantitative estimate of drug-likeness (QED) is 0.905. The van der Waals surface area contributed by atoms with Crippen LogP contribution in [-0.4, -0.2) is 0 Å². The van der Waals surface area contributed by atoms with Crippen molar-refractivity contribution in [3.05, 3.63) is 71.3 Å². The second-order valence-corrected chi connectivity index (χ2v) is 5.18. The standard InChI is InChI=1S/C17H16N2/c18-11-12-6-8-14(9-7-12)17(19)16-10-15(16)13-4-2-1-3-5-13/h1-9,15-17H,10,19H2. The second-order valence-electron chi connectivity index (χ2n) is 5.18. The Labute approximate surface area is 113 Å². The van der Waals surface area contributed by atoms with Gasteiger partial charge in [0.15, 0.2) is 0 Å². The molecule has 19 heavy (non-hydrogen) atoms. The number of nitriles is 1. The van der Waals surface area contributed by atoms with Crippen molar-refractivity contribution >= 4 is 0 Å². The summed E-state index contributed by atoms with van der Waals surface area (Å²) < 4.78 is 0. The van der Waals surface area contributed by atoms with Gasteiger partial charge in [0.05, 0.1) is 11.6 Å². The molecule has 0 radical (unpaired) electrons. The van der Waals surface area contributed by atoms with Gasteiger partial charge in [-0.1, -0.05) is 42.5 Å². The molecule has 1 aliphatic rings. The highest BCUT2D eigenvalue weighted by molar-refractivity contribution is 5.35. The van der Waals surface area contributed by atoms with E-state index in [1.165, 1.54) is 5.56 Å². The van der Waals surface area contributed by atoms with Gasteiger partial charge in [-0.25, -0.2) is 0 Å². The Morgan fingerprint density at radius 1 is 1.05 bits per heavy atom. The maximum absolute atomic E-state index is 8.80. The molecule has 1 fully saturated rings. The van der Waals surface area contributed by atoms with E-state index in [1.54, 1.807) is 0 Å². The van der Waals surface area contributed by atoms with E-state index in [9.17, 15) is 0 Å². The fourth-order valence-electron chi connectivity index (χ4n) is 2.72. The maximum atomic E-state index is 8.80. The third-order valence-electron chi connectivity index (χ3n) is 3.95. The molecule has 2 aromatic rings. The Kier molecular flexibility index (Phi) is 3.06. The summed E-state index contributed by atoms with van der Waals surface area (Å²) in [6.07, 6.45) is 1.16. The van der Waals surface area contributed by atoms with Gasteiger partial charge in [0, 0.05) is 6.04 Å². The molecular weight excluding hydrogens is 232 g/mol. The molecule has 3 atom stereocenters. The van der Waals surface area contributed by atoms with Crippen LogP contribution in [0.1, 0.15) is 35.1 Å². The highest BCUT2D eigenvalue weighted by atomic mass is 14.7. The van der Waals surface area contributed by atoms with Crippen molar-refractivity contribution in [1.82, 2.24) is 0 Å². The number of hydrogen-bond donors (Lipinski definition) is 1. The molecule has 0 amide bonds. The van der Waals surface area contributed by atoms with Crippen LogP contribution in [0, 0.1) is 17.2 Å². The van der Waals surface area contributed by atoms with E-state index in [-0.39, 0.29) is 6.04 Å². The molecule has 0 aliphatic heterocycles. The molecule has 2 N–H and O–H groups in total. The van der Waals surface area contributed by atoms with E-state index in [0.717, 1.165) is 12.0 Å². The Morgan fingerprint density at radius 3 is 2.37 bits per heavy atom. The van der Waals surface area contributed by atoms with Crippen molar-refractivity contribution in [1.29, 1.82) is 5.26 Å². The monoisotopic (exact) mass is 248 g/mol. The number of nitrogens with two attached hydrogens (primary N) is 1. The first-order valence-electron chi connectivity index (χ1n) is 6.60. The third-order valence-corrected chi connectivity index (χ3v) is 3.95. The molecule has 94 valence electrons. The van der Waals surface area contributed by atoms with E-state index < -0.39 is 0 Å². The van der Waals surface area contributed by atoms with E-state index in [4.69, 9.17) is 11.0 Å². The summed E-state index contributed by atoms with van der Waals surface area (Å²) in [5.74, 6) is 1.11. The van der Waals surface area contributed by atoms with Gasteiger partial charge in [0.25, 0.3) is 0 Å². The van der Waals surface area contributed by atoms with Crippen LogP contribution in [0.5, 0.6) is 0 Å². The van der Waals surface area contributed by atoms with Crippen LogP contribution < -0.4 is 5.73 Å². The van der Waals surface area contributed by atoms with Crippen LogP contribution in [-0.2, 0) is 0 Å². The van der Waals surface area contributed by atoms with Crippen LogP contribution in [0.25, 0.3) is 0 Å². The van der Waals surface area contributed by atoms with Gasteiger partial charge in [0.1, 0.15) is 0 Å². The molecule has 2 aromatic carbocycles. The van der Waals surface area contributed by atoms with Crippen LogP contribution >= 0.6 is 0 Å². The van der Waals surface area contributed by atoms with Crippen LogP contribution in [0.2, 0.25) is 0 Å². The molecule has 0 saturated heterocycles. The zero-order valence-electron chi connectivity index (χ0n) is 10.7. The SMILES string of the molecule is N#Cc1ccc(C(N)C2CC2c2ccccc2)cc1. The fourth-order valence-corrected chi connectivity index (χ4v) is 2.72. The first-order valence-corrected chi connectivity index (χ1v) is 6.60. The van der Waals surface area contributed by atoms with Gasteiger partial charge in [-0.15, -0.1) is 0 Å². The molecule has 2 nitrogen and oxygen atoms in total. The Morgan fingerprint density at radius 2 is 1.74 bits per heavy atom. The molecule has 3 rings (SSSR count). The lowest BCUT2D eigenvalue weighted by Gasteiger charge is -2.12. The Balaban J connectivity index is 1.72. The Bertz CT molecular complexity index is 595. The van der Waals surface area contributed by atoms with Crippen molar-refractivity contribution in [3.8, 4) is 6.07 Å². The summed E-state index contributed by atoms with van der Waals surface area (Å²) in [5, 5.41) is 8.80. The zero-order valence-corrected chi connectivity index (χ0v) is 10.7. The van der Waals surface area contributed by atoms with Crippen LogP contribution in [0.3, 0.4) is 0 Å². The van der Waals surface area contributed by atoms with Crippen molar-refractivity contribution in [3.63, 3.8) is 0 Å². The largest absolute Gasteiger partial charge is 0.324 e. The number of hydrogen-bond acceptors (Lipinski definition) is 2. The van der Waals surface area contributed by atoms with Gasteiger partial charge >= 0.3 is 0 Å². The third kappa shape index (κ3) is 2.38. The molecular formula is C17H16N2. The molecule has 0 aromatic heterocycles. The first-order chi connectivity index (χ1) is 9.29. The summed E-state index contributed by atoms with van der Waals surface area (Å²) in [6, 6.07) is 20.4. The molecule has 1 aliphatic carbocycles. The fraction of sp³-hybridized carbons (Fsp3) is 0.235. The molecule has 0 spiro atoms. The molecule has 2 heteroatoms. The zero-order chi connectivity index (χ0) is 13.2. The lowest BCUT2D eigenvalue weighted by molar-refractivity contribution is 0.616. The molecule has 0 bridgehead atoms. The predicted octanol–water partition coefficient (Wildman–Crippen LogP) is 3.36. The average molecular weight is 248 g/mol. The van der Waals surface area contributed by atoms with Crippen LogP contribution in [0.15, 0.2) is 54.6 Å². The average Bonchev–Trinajstić information content (AvgIpc) is 3.28. The summed E-state index contributed by atoms with van der Waals surface area (Å²) in [6.45, 7) is 0. The molecule has 0 heterocycles. The van der Waals surface area contributed by atoms with Gasteiger partial charge in [-0.05, 0) is 41.5 Å². The highest BCUT2D eigenvalue weighted by Gasteiger charge is 2.42. The summed E-state index contributed by atoms with van der Waals surface area (Å²) in [4.78, 5) is 0. The smallest absolute Gasteiger partial charge is 0.0991 e. The minimum atomic E-state index is 0.0675. The topological polar surface area (TPSA) is 49.8 Å². The summed E-state index contributed by atoms with van der Waals surface area (Å²) >= 11 is 0. The number of rotatable bonds is 3. The van der Waals surface area contributed by atoms with E-state index in [1.807, 2.05) is 30.3 Å². The highest BCUT2D eigenvalue weighted by Crippen LogP contribution is 2.53. The van der Waals surface area contributed by atoms with Crippen molar-refractivity contribution in [2.45, 2.75) is 18.4 Å². The van der Waals surface area contributed by atoms with Gasteiger partial charge in [-0.2, -0.15) is 5.26 Å². The first kappa shape index (κ1) is 12.0. The van der Waals surface area contributed by atoms with E-state index in [2.05, 4.69) is 30.3 Å². The van der Waals surface area contributed by atoms with Crippen LogP contribution in [0.4, 0.5) is 0 Å². The van der Waals surface area contributed by atoms with E-state index in [0.29, 0.717) is 17.4 Å². The normalized spacial score (nSPS) is 22.5. The van der Waals surface area contributed by atoms with Crippen molar-refractivity contribution < 1.29 is 0 Å². The summed E-state index contributed by atoms with van der Waals surface area (Å²) in [5.41, 5.74) is 9.54.